The van der Waals surface area contributed by atoms with Gasteiger partial charge in [0.1, 0.15) is 0 Å². The number of hydrogen-bond donors (Lipinski definition) is 0. The first-order chi connectivity index (χ1) is 8.69. The standard InChI is InChI=1S/C14H18Cl2N2/c1-2-18-11-3-4-12(18)9-17(8-11)10-5-6-13(15)14(16)7-10/h5-7,11-12H,2-4,8-9H2,1H3. The molecule has 3 rings (SSSR count). The van der Waals surface area contributed by atoms with Gasteiger partial charge in [-0.15, -0.1) is 0 Å². The molecule has 4 heteroatoms. The number of fused-ring (bicyclic) bond motifs is 2. The van der Waals surface area contributed by atoms with Gasteiger partial charge in [0.15, 0.2) is 0 Å². The average Bonchev–Trinajstić information content (AvgIpc) is 2.61. The lowest BCUT2D eigenvalue weighted by Crippen LogP contribution is -2.53. The maximum Gasteiger partial charge on any atom is 0.0612 e. The highest BCUT2D eigenvalue weighted by Gasteiger charge is 2.38. The zero-order chi connectivity index (χ0) is 12.7. The monoisotopic (exact) mass is 284 g/mol. The van der Waals surface area contributed by atoms with E-state index in [0.717, 1.165) is 13.1 Å². The zero-order valence-corrected chi connectivity index (χ0v) is 12.1. The lowest BCUT2D eigenvalue weighted by atomic mass is 10.1. The largest absolute Gasteiger partial charge is 0.368 e. The minimum absolute atomic E-state index is 0.635. The van der Waals surface area contributed by atoms with Crippen molar-refractivity contribution in [3.8, 4) is 0 Å². The summed E-state index contributed by atoms with van der Waals surface area (Å²) in [5.74, 6) is 0. The fraction of sp³-hybridized carbons (Fsp3) is 0.571. The second-order valence-corrected chi connectivity index (χ2v) is 6.03. The summed E-state index contributed by atoms with van der Waals surface area (Å²) in [6.45, 7) is 5.66. The predicted molar refractivity (Wildman–Crippen MR) is 77.9 cm³/mol. The third-order valence-electron chi connectivity index (χ3n) is 4.27. The number of halogens is 2. The Kier molecular flexibility index (Phi) is 3.44. The first kappa shape index (κ1) is 12.6. The molecule has 0 saturated carbocycles. The molecule has 1 aromatic rings. The summed E-state index contributed by atoms with van der Waals surface area (Å²) >= 11 is 12.1. The first-order valence-electron chi connectivity index (χ1n) is 6.64. The molecule has 2 unspecified atom stereocenters. The van der Waals surface area contributed by atoms with Crippen molar-refractivity contribution in [2.45, 2.75) is 31.8 Å². The zero-order valence-electron chi connectivity index (χ0n) is 10.6. The number of benzene rings is 1. The van der Waals surface area contributed by atoms with Gasteiger partial charge in [-0.2, -0.15) is 0 Å². The molecule has 98 valence electrons. The summed E-state index contributed by atoms with van der Waals surface area (Å²) < 4.78 is 0. The van der Waals surface area contributed by atoms with Gasteiger partial charge in [-0.25, -0.2) is 0 Å². The number of likely N-dealkylation sites (N-methyl/N-ethyl adjacent to an activating group) is 1. The topological polar surface area (TPSA) is 6.48 Å². The highest BCUT2D eigenvalue weighted by atomic mass is 35.5. The number of rotatable bonds is 2. The molecule has 2 nitrogen and oxygen atoms in total. The Balaban J connectivity index is 1.81. The molecule has 2 saturated heterocycles. The summed E-state index contributed by atoms with van der Waals surface area (Å²) in [4.78, 5) is 5.10. The van der Waals surface area contributed by atoms with Crippen molar-refractivity contribution in [2.75, 3.05) is 24.5 Å². The Bertz CT molecular complexity index is 435. The van der Waals surface area contributed by atoms with Gasteiger partial charge >= 0.3 is 0 Å². The number of hydrogen-bond acceptors (Lipinski definition) is 2. The number of piperazine rings is 1. The lowest BCUT2D eigenvalue weighted by molar-refractivity contribution is 0.179. The van der Waals surface area contributed by atoms with Gasteiger partial charge < -0.3 is 4.90 Å². The van der Waals surface area contributed by atoms with Gasteiger partial charge in [-0.3, -0.25) is 4.90 Å². The minimum atomic E-state index is 0.635. The third kappa shape index (κ3) is 2.11. The summed E-state index contributed by atoms with van der Waals surface area (Å²) in [6.07, 6.45) is 2.66. The van der Waals surface area contributed by atoms with Crippen LogP contribution < -0.4 is 4.90 Å². The SMILES string of the molecule is CCN1C2CCC1CN(c1ccc(Cl)c(Cl)c1)C2. The second kappa shape index (κ2) is 4.92. The molecule has 2 heterocycles. The van der Waals surface area contributed by atoms with E-state index >= 15 is 0 Å². The Hall–Kier alpha value is -0.440. The Morgan fingerprint density at radius 3 is 2.33 bits per heavy atom. The van der Waals surface area contributed by atoms with Gasteiger partial charge in [0.25, 0.3) is 0 Å². The number of anilines is 1. The van der Waals surface area contributed by atoms with E-state index in [-0.39, 0.29) is 0 Å². The highest BCUT2D eigenvalue weighted by Crippen LogP contribution is 2.34. The smallest absolute Gasteiger partial charge is 0.0612 e. The van der Waals surface area contributed by atoms with E-state index in [1.807, 2.05) is 12.1 Å². The van der Waals surface area contributed by atoms with Crippen molar-refractivity contribution in [3.05, 3.63) is 28.2 Å². The first-order valence-corrected chi connectivity index (χ1v) is 7.40. The van der Waals surface area contributed by atoms with Crippen LogP contribution in [0.4, 0.5) is 5.69 Å². The Morgan fingerprint density at radius 2 is 1.78 bits per heavy atom. The summed E-state index contributed by atoms with van der Waals surface area (Å²) in [5, 5.41) is 1.29. The van der Waals surface area contributed by atoms with Crippen LogP contribution in [0.5, 0.6) is 0 Å². The van der Waals surface area contributed by atoms with Crippen LogP contribution in [-0.2, 0) is 0 Å². The van der Waals surface area contributed by atoms with E-state index < -0.39 is 0 Å². The van der Waals surface area contributed by atoms with E-state index in [2.05, 4.69) is 22.8 Å². The van der Waals surface area contributed by atoms with Crippen LogP contribution >= 0.6 is 23.2 Å². The van der Waals surface area contributed by atoms with E-state index in [0.29, 0.717) is 22.1 Å². The summed E-state index contributed by atoms with van der Waals surface area (Å²) in [7, 11) is 0. The second-order valence-electron chi connectivity index (χ2n) is 5.22. The molecule has 18 heavy (non-hydrogen) atoms. The molecular weight excluding hydrogens is 267 g/mol. The van der Waals surface area contributed by atoms with Crippen molar-refractivity contribution < 1.29 is 0 Å². The van der Waals surface area contributed by atoms with Crippen LogP contribution in [0.2, 0.25) is 10.0 Å². The molecule has 0 aliphatic carbocycles. The van der Waals surface area contributed by atoms with E-state index in [1.54, 1.807) is 0 Å². The molecular formula is C14H18Cl2N2. The van der Waals surface area contributed by atoms with Gasteiger partial charge in [0.05, 0.1) is 10.0 Å². The van der Waals surface area contributed by atoms with Gasteiger partial charge in [0.2, 0.25) is 0 Å². The van der Waals surface area contributed by atoms with Crippen molar-refractivity contribution in [3.63, 3.8) is 0 Å². The van der Waals surface area contributed by atoms with E-state index in [9.17, 15) is 0 Å². The molecule has 2 fully saturated rings. The van der Waals surface area contributed by atoms with Crippen molar-refractivity contribution in [1.82, 2.24) is 4.90 Å². The Morgan fingerprint density at radius 1 is 1.11 bits per heavy atom. The fourth-order valence-electron chi connectivity index (χ4n) is 3.40. The molecule has 2 aliphatic rings. The third-order valence-corrected chi connectivity index (χ3v) is 5.01. The molecule has 0 spiro atoms. The van der Waals surface area contributed by atoms with Gasteiger partial charge in [-0.05, 0) is 37.6 Å². The minimum Gasteiger partial charge on any atom is -0.368 e. The van der Waals surface area contributed by atoms with Crippen molar-refractivity contribution in [2.24, 2.45) is 0 Å². The van der Waals surface area contributed by atoms with Gasteiger partial charge in [-0.1, -0.05) is 30.1 Å². The summed E-state index contributed by atoms with van der Waals surface area (Å²) in [5.41, 5.74) is 1.21. The van der Waals surface area contributed by atoms with Crippen molar-refractivity contribution >= 4 is 28.9 Å². The lowest BCUT2D eigenvalue weighted by Gasteiger charge is -2.41. The maximum atomic E-state index is 6.11. The van der Waals surface area contributed by atoms with Crippen LogP contribution in [0.15, 0.2) is 18.2 Å². The summed E-state index contributed by atoms with van der Waals surface area (Å²) in [6, 6.07) is 7.39. The molecule has 2 atom stereocenters. The molecule has 0 aromatic heterocycles. The molecule has 1 aromatic carbocycles. The molecule has 0 amide bonds. The van der Waals surface area contributed by atoms with Crippen LogP contribution in [-0.4, -0.2) is 36.6 Å². The van der Waals surface area contributed by atoms with E-state index in [1.165, 1.54) is 25.1 Å². The fourth-order valence-corrected chi connectivity index (χ4v) is 3.69. The predicted octanol–water partition coefficient (Wildman–Crippen LogP) is 3.67. The molecule has 0 N–H and O–H groups in total. The van der Waals surface area contributed by atoms with Crippen molar-refractivity contribution in [1.29, 1.82) is 0 Å². The molecule has 2 aliphatic heterocycles. The average molecular weight is 285 g/mol. The van der Waals surface area contributed by atoms with Crippen LogP contribution in [0.3, 0.4) is 0 Å². The van der Waals surface area contributed by atoms with Crippen LogP contribution in [0.1, 0.15) is 19.8 Å². The molecule has 0 radical (unpaired) electrons. The molecule has 2 bridgehead atoms. The number of nitrogens with zero attached hydrogens (tertiary/aromatic N) is 2. The van der Waals surface area contributed by atoms with Gasteiger partial charge in [0, 0.05) is 30.9 Å². The van der Waals surface area contributed by atoms with Crippen LogP contribution in [0.25, 0.3) is 0 Å². The van der Waals surface area contributed by atoms with Crippen LogP contribution in [0, 0.1) is 0 Å². The quantitative estimate of drug-likeness (QED) is 0.818. The Labute approximate surface area is 118 Å². The van der Waals surface area contributed by atoms with E-state index in [4.69, 9.17) is 23.2 Å². The highest BCUT2D eigenvalue weighted by molar-refractivity contribution is 6.42. The normalized spacial score (nSPS) is 27.8. The maximum absolute atomic E-state index is 6.11.